The number of nitrogens with two attached hydrogens (primary N) is 1. The third-order valence-corrected chi connectivity index (χ3v) is 3.22. The van der Waals surface area contributed by atoms with Crippen LogP contribution < -0.4 is 5.73 Å². The molecular formula is C16H13N3O. The topological polar surface area (TPSA) is 68.9 Å². The van der Waals surface area contributed by atoms with E-state index in [1.807, 2.05) is 37.3 Å². The van der Waals surface area contributed by atoms with E-state index in [2.05, 4.69) is 9.97 Å². The van der Waals surface area contributed by atoms with Gasteiger partial charge in [0.2, 0.25) is 5.91 Å². The molecule has 4 heteroatoms. The first kappa shape index (κ1) is 12.3. The van der Waals surface area contributed by atoms with Crippen molar-refractivity contribution in [2.24, 2.45) is 5.73 Å². The molecule has 0 unspecified atom stereocenters. The van der Waals surface area contributed by atoms with Gasteiger partial charge in [-0.2, -0.15) is 0 Å². The molecule has 0 aliphatic rings. The van der Waals surface area contributed by atoms with Crippen molar-refractivity contribution in [1.29, 1.82) is 0 Å². The van der Waals surface area contributed by atoms with Crippen molar-refractivity contribution in [2.75, 3.05) is 0 Å². The highest BCUT2D eigenvalue weighted by molar-refractivity contribution is 6.06. The van der Waals surface area contributed by atoms with Crippen LogP contribution in [0.5, 0.6) is 0 Å². The summed E-state index contributed by atoms with van der Waals surface area (Å²) in [4.78, 5) is 20.0. The number of pyridine rings is 2. The number of fused-ring (bicyclic) bond motifs is 1. The summed E-state index contributed by atoms with van der Waals surface area (Å²) in [5, 5.41) is 0.775. The van der Waals surface area contributed by atoms with Gasteiger partial charge in [0.1, 0.15) is 0 Å². The van der Waals surface area contributed by atoms with E-state index in [0.29, 0.717) is 5.56 Å². The molecule has 3 aromatic rings. The molecule has 0 atom stereocenters. The molecule has 0 radical (unpaired) electrons. The summed E-state index contributed by atoms with van der Waals surface area (Å²) in [6.07, 6.45) is 3.48. The van der Waals surface area contributed by atoms with Crippen molar-refractivity contribution in [3.63, 3.8) is 0 Å². The Morgan fingerprint density at radius 1 is 1.05 bits per heavy atom. The fourth-order valence-corrected chi connectivity index (χ4v) is 2.29. The van der Waals surface area contributed by atoms with Crippen molar-refractivity contribution in [1.82, 2.24) is 9.97 Å². The van der Waals surface area contributed by atoms with Crippen LogP contribution in [-0.2, 0) is 0 Å². The van der Waals surface area contributed by atoms with Crippen LogP contribution in [0.3, 0.4) is 0 Å². The largest absolute Gasteiger partial charge is 0.366 e. The second-order valence-electron chi connectivity index (χ2n) is 4.64. The van der Waals surface area contributed by atoms with Gasteiger partial charge in [-0.1, -0.05) is 6.07 Å². The predicted octanol–water partition coefficient (Wildman–Crippen LogP) is 2.70. The Balaban J connectivity index is 2.27. The van der Waals surface area contributed by atoms with Gasteiger partial charge in [-0.25, -0.2) is 0 Å². The molecule has 4 nitrogen and oxygen atoms in total. The molecular weight excluding hydrogens is 250 g/mol. The SMILES string of the molecule is Cc1cc(C(N)=O)c2cc(-c3ccncc3)ccc2n1. The average Bonchev–Trinajstić information content (AvgIpc) is 2.46. The van der Waals surface area contributed by atoms with E-state index in [-0.39, 0.29) is 0 Å². The van der Waals surface area contributed by atoms with Crippen LogP contribution in [0.25, 0.3) is 22.0 Å². The molecule has 2 heterocycles. The Hall–Kier alpha value is -2.75. The van der Waals surface area contributed by atoms with Gasteiger partial charge in [0.25, 0.3) is 0 Å². The molecule has 1 amide bonds. The summed E-state index contributed by atoms with van der Waals surface area (Å²) >= 11 is 0. The smallest absolute Gasteiger partial charge is 0.249 e. The average molecular weight is 263 g/mol. The number of aryl methyl sites for hydroxylation is 1. The minimum Gasteiger partial charge on any atom is -0.366 e. The van der Waals surface area contributed by atoms with Crippen LogP contribution in [0.2, 0.25) is 0 Å². The summed E-state index contributed by atoms with van der Waals surface area (Å²) in [7, 11) is 0. The standard InChI is InChI=1S/C16H13N3O/c1-10-8-14(16(17)20)13-9-12(2-3-15(13)19-10)11-4-6-18-7-5-11/h2-9H,1H3,(H2,17,20). The molecule has 98 valence electrons. The Bertz CT molecular complexity index is 797. The highest BCUT2D eigenvalue weighted by Gasteiger charge is 2.10. The second kappa shape index (κ2) is 4.74. The zero-order valence-corrected chi connectivity index (χ0v) is 11.0. The number of hydrogen-bond acceptors (Lipinski definition) is 3. The first-order valence-corrected chi connectivity index (χ1v) is 6.27. The maximum absolute atomic E-state index is 11.6. The Morgan fingerprint density at radius 2 is 1.80 bits per heavy atom. The van der Waals surface area contributed by atoms with Crippen LogP contribution in [0.15, 0.2) is 48.8 Å². The van der Waals surface area contributed by atoms with Gasteiger partial charge in [0.05, 0.1) is 11.1 Å². The fraction of sp³-hybridized carbons (Fsp3) is 0.0625. The molecule has 0 fully saturated rings. The number of amides is 1. The van der Waals surface area contributed by atoms with Crippen LogP contribution in [0.4, 0.5) is 0 Å². The van der Waals surface area contributed by atoms with Crippen molar-refractivity contribution >= 4 is 16.8 Å². The molecule has 0 saturated heterocycles. The summed E-state index contributed by atoms with van der Waals surface area (Å²) in [6, 6.07) is 11.4. The van der Waals surface area contributed by atoms with Gasteiger partial charge in [-0.3, -0.25) is 14.8 Å². The Labute approximate surface area is 116 Å². The monoisotopic (exact) mass is 263 g/mol. The van der Waals surface area contributed by atoms with Crippen LogP contribution in [0, 0.1) is 6.92 Å². The minimum absolute atomic E-state index is 0.438. The minimum atomic E-state index is -0.438. The molecule has 0 aliphatic carbocycles. The second-order valence-corrected chi connectivity index (χ2v) is 4.64. The maximum Gasteiger partial charge on any atom is 0.249 e. The number of rotatable bonds is 2. The molecule has 20 heavy (non-hydrogen) atoms. The quantitative estimate of drug-likeness (QED) is 0.772. The van der Waals surface area contributed by atoms with Crippen molar-refractivity contribution < 1.29 is 4.79 Å². The first-order valence-electron chi connectivity index (χ1n) is 6.27. The lowest BCUT2D eigenvalue weighted by molar-refractivity contribution is 0.100. The number of primary amides is 1. The third kappa shape index (κ3) is 2.12. The number of nitrogens with zero attached hydrogens (tertiary/aromatic N) is 2. The van der Waals surface area contributed by atoms with E-state index < -0.39 is 5.91 Å². The van der Waals surface area contributed by atoms with Crippen molar-refractivity contribution in [3.05, 3.63) is 60.0 Å². The Kier molecular flexibility index (Phi) is 2.91. The fourth-order valence-electron chi connectivity index (χ4n) is 2.29. The molecule has 2 aromatic heterocycles. The van der Waals surface area contributed by atoms with Gasteiger partial charge in [-0.15, -0.1) is 0 Å². The van der Waals surface area contributed by atoms with Crippen LogP contribution in [0.1, 0.15) is 16.1 Å². The number of benzene rings is 1. The molecule has 3 rings (SSSR count). The lowest BCUT2D eigenvalue weighted by Crippen LogP contribution is -2.12. The summed E-state index contributed by atoms with van der Waals surface area (Å²) in [6.45, 7) is 1.85. The normalized spacial score (nSPS) is 10.7. The zero-order chi connectivity index (χ0) is 14.1. The van der Waals surface area contributed by atoms with E-state index >= 15 is 0 Å². The lowest BCUT2D eigenvalue weighted by Gasteiger charge is -2.07. The van der Waals surface area contributed by atoms with Crippen molar-refractivity contribution in [3.8, 4) is 11.1 Å². The van der Waals surface area contributed by atoms with E-state index in [4.69, 9.17) is 5.73 Å². The summed E-state index contributed by atoms with van der Waals surface area (Å²) in [5.74, 6) is -0.438. The molecule has 0 spiro atoms. The zero-order valence-electron chi connectivity index (χ0n) is 11.0. The summed E-state index contributed by atoms with van der Waals surface area (Å²) < 4.78 is 0. The number of carbonyl (C=O) groups excluding carboxylic acids is 1. The highest BCUT2D eigenvalue weighted by atomic mass is 16.1. The highest BCUT2D eigenvalue weighted by Crippen LogP contribution is 2.25. The van der Waals surface area contributed by atoms with E-state index in [1.54, 1.807) is 18.5 Å². The number of carbonyl (C=O) groups is 1. The van der Waals surface area contributed by atoms with Crippen molar-refractivity contribution in [2.45, 2.75) is 6.92 Å². The number of aromatic nitrogens is 2. The van der Waals surface area contributed by atoms with Gasteiger partial charge >= 0.3 is 0 Å². The first-order chi connectivity index (χ1) is 9.65. The van der Waals surface area contributed by atoms with Gasteiger partial charge in [0, 0.05) is 23.5 Å². The Morgan fingerprint density at radius 3 is 2.50 bits per heavy atom. The van der Waals surface area contributed by atoms with Gasteiger partial charge in [0.15, 0.2) is 0 Å². The number of hydrogen-bond donors (Lipinski definition) is 1. The maximum atomic E-state index is 11.6. The molecule has 2 N–H and O–H groups in total. The van der Waals surface area contributed by atoms with Gasteiger partial charge in [-0.05, 0) is 48.4 Å². The van der Waals surface area contributed by atoms with Crippen LogP contribution >= 0.6 is 0 Å². The molecule has 0 saturated carbocycles. The molecule has 0 bridgehead atoms. The lowest BCUT2D eigenvalue weighted by atomic mass is 10.0. The molecule has 0 aliphatic heterocycles. The van der Waals surface area contributed by atoms with E-state index in [9.17, 15) is 4.79 Å². The van der Waals surface area contributed by atoms with Gasteiger partial charge < -0.3 is 5.73 Å². The molecule has 1 aromatic carbocycles. The van der Waals surface area contributed by atoms with E-state index in [0.717, 1.165) is 27.7 Å². The predicted molar refractivity (Wildman–Crippen MR) is 78.2 cm³/mol. The van der Waals surface area contributed by atoms with E-state index in [1.165, 1.54) is 0 Å². The third-order valence-electron chi connectivity index (χ3n) is 3.22. The van der Waals surface area contributed by atoms with Crippen LogP contribution in [-0.4, -0.2) is 15.9 Å². The summed E-state index contributed by atoms with van der Waals surface area (Å²) in [5.41, 5.74) is 9.57.